The van der Waals surface area contributed by atoms with Crippen molar-refractivity contribution >= 4 is 6.09 Å². The highest BCUT2D eigenvalue weighted by molar-refractivity contribution is 5.65. The SMILES string of the molecule is Cc1nnc(Oc2ccc(C(C)(C)c3ccc(OC4CC(NC(=O)O)C4)cc3)cc2)o1. The van der Waals surface area contributed by atoms with Crippen molar-refractivity contribution in [2.24, 2.45) is 0 Å². The van der Waals surface area contributed by atoms with Crippen LogP contribution in [0.5, 0.6) is 17.6 Å². The first-order valence-electron chi connectivity index (χ1n) is 10.1. The second kappa shape index (κ2) is 8.29. The average Bonchev–Trinajstić information content (AvgIpc) is 3.11. The van der Waals surface area contributed by atoms with Gasteiger partial charge in [-0.1, -0.05) is 43.2 Å². The van der Waals surface area contributed by atoms with Crippen molar-refractivity contribution in [1.29, 1.82) is 0 Å². The summed E-state index contributed by atoms with van der Waals surface area (Å²) in [6, 6.07) is 15.8. The Labute approximate surface area is 180 Å². The van der Waals surface area contributed by atoms with Gasteiger partial charge in [-0.3, -0.25) is 0 Å². The fraction of sp³-hybridized carbons (Fsp3) is 0.348. The smallest absolute Gasteiger partial charge is 0.420 e. The Bertz CT molecular complexity index is 1040. The maximum absolute atomic E-state index is 10.6. The van der Waals surface area contributed by atoms with Crippen molar-refractivity contribution in [3.63, 3.8) is 0 Å². The number of nitrogens with one attached hydrogen (secondary N) is 1. The van der Waals surface area contributed by atoms with Crippen molar-refractivity contribution in [2.75, 3.05) is 0 Å². The van der Waals surface area contributed by atoms with E-state index in [9.17, 15) is 4.79 Å². The lowest BCUT2D eigenvalue weighted by Gasteiger charge is -2.35. The first-order chi connectivity index (χ1) is 14.8. The van der Waals surface area contributed by atoms with E-state index in [2.05, 4.69) is 41.5 Å². The molecule has 4 rings (SSSR count). The van der Waals surface area contributed by atoms with Crippen molar-refractivity contribution in [2.45, 2.75) is 51.2 Å². The summed E-state index contributed by atoms with van der Waals surface area (Å²) in [5.74, 6) is 1.87. The molecular weight excluding hydrogens is 398 g/mol. The number of nitrogens with zero attached hydrogens (tertiary/aromatic N) is 2. The van der Waals surface area contributed by atoms with Gasteiger partial charge in [0.15, 0.2) is 0 Å². The van der Waals surface area contributed by atoms with E-state index in [1.165, 1.54) is 0 Å². The van der Waals surface area contributed by atoms with E-state index in [-0.39, 0.29) is 23.6 Å². The number of hydrogen-bond acceptors (Lipinski definition) is 6. The quantitative estimate of drug-likeness (QED) is 0.568. The largest absolute Gasteiger partial charge is 0.490 e. The minimum Gasteiger partial charge on any atom is -0.490 e. The van der Waals surface area contributed by atoms with Crippen molar-refractivity contribution in [3.8, 4) is 17.6 Å². The lowest BCUT2D eigenvalue weighted by Crippen LogP contribution is -2.48. The van der Waals surface area contributed by atoms with Crippen LogP contribution in [-0.2, 0) is 5.41 Å². The van der Waals surface area contributed by atoms with Gasteiger partial charge < -0.3 is 24.3 Å². The van der Waals surface area contributed by atoms with Crippen LogP contribution in [0.2, 0.25) is 0 Å². The number of carbonyl (C=O) groups is 1. The highest BCUT2D eigenvalue weighted by atomic mass is 16.6. The first-order valence-corrected chi connectivity index (χ1v) is 10.1. The number of aromatic nitrogens is 2. The molecular formula is C23H25N3O5. The molecule has 0 radical (unpaired) electrons. The second-order valence-corrected chi connectivity index (χ2v) is 8.22. The van der Waals surface area contributed by atoms with E-state index >= 15 is 0 Å². The molecule has 8 heteroatoms. The molecule has 0 saturated heterocycles. The Morgan fingerprint density at radius 1 is 1.03 bits per heavy atom. The van der Waals surface area contributed by atoms with Gasteiger partial charge in [0.05, 0.1) is 0 Å². The van der Waals surface area contributed by atoms with Crippen molar-refractivity contribution in [1.82, 2.24) is 15.5 Å². The fourth-order valence-electron chi connectivity index (χ4n) is 3.62. The lowest BCUT2D eigenvalue weighted by atomic mass is 9.78. The van der Waals surface area contributed by atoms with Crippen LogP contribution >= 0.6 is 0 Å². The van der Waals surface area contributed by atoms with Gasteiger partial charge in [-0.15, -0.1) is 5.10 Å². The van der Waals surface area contributed by atoms with Crippen LogP contribution in [0.15, 0.2) is 52.9 Å². The predicted octanol–water partition coefficient (Wildman–Crippen LogP) is 4.67. The maximum Gasteiger partial charge on any atom is 0.420 e. The van der Waals surface area contributed by atoms with Gasteiger partial charge in [0.25, 0.3) is 0 Å². The molecule has 162 valence electrons. The molecule has 1 aromatic heterocycles. The average molecular weight is 423 g/mol. The Balaban J connectivity index is 1.37. The van der Waals surface area contributed by atoms with Gasteiger partial charge in [0, 0.05) is 31.2 Å². The zero-order chi connectivity index (χ0) is 22.0. The number of ether oxygens (including phenoxy) is 2. The molecule has 1 aliphatic carbocycles. The molecule has 0 spiro atoms. The normalized spacial score (nSPS) is 18.2. The van der Waals surface area contributed by atoms with Crippen LogP contribution in [0.4, 0.5) is 4.79 Å². The summed E-state index contributed by atoms with van der Waals surface area (Å²) in [7, 11) is 0. The topological polar surface area (TPSA) is 107 Å². The van der Waals surface area contributed by atoms with Crippen LogP contribution in [0.3, 0.4) is 0 Å². The Morgan fingerprint density at radius 2 is 1.61 bits per heavy atom. The van der Waals surface area contributed by atoms with Crippen LogP contribution < -0.4 is 14.8 Å². The maximum atomic E-state index is 10.6. The molecule has 31 heavy (non-hydrogen) atoms. The molecule has 1 fully saturated rings. The van der Waals surface area contributed by atoms with E-state index in [0.29, 0.717) is 24.5 Å². The third-order valence-corrected chi connectivity index (χ3v) is 5.59. The van der Waals surface area contributed by atoms with Crippen LogP contribution in [-0.4, -0.2) is 33.5 Å². The minimum atomic E-state index is -0.987. The van der Waals surface area contributed by atoms with Crippen LogP contribution in [0.1, 0.15) is 43.7 Å². The lowest BCUT2D eigenvalue weighted by molar-refractivity contribution is 0.0833. The van der Waals surface area contributed by atoms with Gasteiger partial charge in [-0.2, -0.15) is 0 Å². The standard InChI is InChI=1S/C23H25N3O5/c1-14-25-26-22(29-14)31-19-10-6-16(7-11-19)23(2,3)15-4-8-18(9-5-15)30-20-12-17(13-20)24-21(27)28/h4-11,17,20,24H,12-13H2,1-3H3,(H,27,28). The second-order valence-electron chi connectivity index (χ2n) is 8.22. The summed E-state index contributed by atoms with van der Waals surface area (Å²) < 4.78 is 16.8. The summed E-state index contributed by atoms with van der Waals surface area (Å²) in [5, 5.41) is 18.8. The molecule has 3 aromatic rings. The number of carboxylic acid groups (broad SMARTS) is 1. The molecule has 0 atom stereocenters. The third kappa shape index (κ3) is 4.79. The summed E-state index contributed by atoms with van der Waals surface area (Å²) in [6.45, 7) is 6.03. The number of rotatable bonds is 7. The van der Waals surface area contributed by atoms with Crippen molar-refractivity contribution < 1.29 is 23.8 Å². The Kier molecular flexibility index (Phi) is 5.54. The molecule has 2 N–H and O–H groups in total. The Hall–Kier alpha value is -3.55. The number of benzene rings is 2. The van der Waals surface area contributed by atoms with Gasteiger partial charge in [-0.05, 0) is 35.4 Å². The summed E-state index contributed by atoms with van der Waals surface area (Å²) in [4.78, 5) is 10.6. The highest BCUT2D eigenvalue weighted by Crippen LogP contribution is 2.34. The van der Waals surface area contributed by atoms with Gasteiger partial charge in [-0.25, -0.2) is 4.79 Å². The summed E-state index contributed by atoms with van der Waals surface area (Å²) >= 11 is 0. The van der Waals surface area contributed by atoms with Gasteiger partial charge in [0.2, 0.25) is 5.89 Å². The first kappa shape index (κ1) is 20.7. The highest BCUT2D eigenvalue weighted by Gasteiger charge is 2.32. The molecule has 1 aliphatic rings. The Morgan fingerprint density at radius 3 is 2.13 bits per heavy atom. The molecule has 0 aliphatic heterocycles. The zero-order valence-corrected chi connectivity index (χ0v) is 17.7. The third-order valence-electron chi connectivity index (χ3n) is 5.59. The molecule has 1 heterocycles. The molecule has 0 unspecified atom stereocenters. The van der Waals surface area contributed by atoms with E-state index in [1.54, 1.807) is 6.92 Å². The summed E-state index contributed by atoms with van der Waals surface area (Å²) in [5.41, 5.74) is 2.07. The van der Waals surface area contributed by atoms with Crippen molar-refractivity contribution in [3.05, 3.63) is 65.5 Å². The van der Waals surface area contributed by atoms with E-state index in [0.717, 1.165) is 16.9 Å². The van der Waals surface area contributed by atoms with Crippen LogP contribution in [0.25, 0.3) is 0 Å². The zero-order valence-electron chi connectivity index (χ0n) is 17.7. The number of amides is 1. The summed E-state index contributed by atoms with van der Waals surface area (Å²) in [6.07, 6.45) is 0.565. The molecule has 1 amide bonds. The monoisotopic (exact) mass is 423 g/mol. The fourth-order valence-corrected chi connectivity index (χ4v) is 3.62. The predicted molar refractivity (Wildman–Crippen MR) is 113 cm³/mol. The molecule has 2 aromatic carbocycles. The van der Waals surface area contributed by atoms with E-state index < -0.39 is 6.09 Å². The number of hydrogen-bond donors (Lipinski definition) is 2. The van der Waals surface area contributed by atoms with Crippen LogP contribution in [0, 0.1) is 6.92 Å². The molecule has 8 nitrogen and oxygen atoms in total. The number of aryl methyl sites for hydroxylation is 1. The molecule has 1 saturated carbocycles. The van der Waals surface area contributed by atoms with E-state index in [1.807, 2.05) is 36.4 Å². The van der Waals surface area contributed by atoms with Gasteiger partial charge in [0.1, 0.15) is 17.6 Å². The minimum absolute atomic E-state index is 0.0171. The van der Waals surface area contributed by atoms with Gasteiger partial charge >= 0.3 is 12.2 Å². The van der Waals surface area contributed by atoms with E-state index in [4.69, 9.17) is 19.0 Å². The molecule has 0 bridgehead atoms.